The monoisotopic (exact) mass is 463 g/mol. The fourth-order valence-corrected chi connectivity index (χ4v) is 5.34. The van der Waals surface area contributed by atoms with E-state index in [0.29, 0.717) is 31.7 Å². The summed E-state index contributed by atoms with van der Waals surface area (Å²) in [5.41, 5.74) is 6.84. The molecule has 3 heterocycles. The van der Waals surface area contributed by atoms with E-state index in [1.165, 1.54) is 0 Å². The quantitative estimate of drug-likeness (QED) is 0.447. The Kier molecular flexibility index (Phi) is 5.74. The number of carbonyl (C=O) groups is 2. The number of nitrogens with zero attached hydrogens (tertiary/aromatic N) is 3. The Bertz CT molecular complexity index is 1170. The summed E-state index contributed by atoms with van der Waals surface area (Å²) in [5.74, 6) is 0.0803. The van der Waals surface area contributed by atoms with Gasteiger partial charge in [0.15, 0.2) is 0 Å². The molecule has 3 aromatic rings. The molecule has 9 heteroatoms. The van der Waals surface area contributed by atoms with E-state index >= 15 is 0 Å². The van der Waals surface area contributed by atoms with Gasteiger partial charge in [0.05, 0.1) is 11.4 Å². The van der Waals surface area contributed by atoms with Crippen LogP contribution in [0.4, 0.5) is 10.5 Å². The van der Waals surface area contributed by atoms with Crippen molar-refractivity contribution in [2.75, 3.05) is 44.2 Å². The van der Waals surface area contributed by atoms with Gasteiger partial charge in [-0.25, -0.2) is 4.79 Å². The highest BCUT2D eigenvalue weighted by Crippen LogP contribution is 2.27. The lowest BCUT2D eigenvalue weighted by Crippen LogP contribution is -2.50. The highest BCUT2D eigenvalue weighted by Gasteiger charge is 2.34. The number of nitrogens with two attached hydrogens (primary N) is 1. The lowest BCUT2D eigenvalue weighted by molar-refractivity contribution is 0.0556. The minimum atomic E-state index is -0.367. The molecule has 2 amide bonds. The second-order valence-electron chi connectivity index (χ2n) is 8.32. The summed E-state index contributed by atoms with van der Waals surface area (Å²) >= 11 is 1.54. The molecular weight excluding hydrogens is 438 g/mol. The van der Waals surface area contributed by atoms with Crippen molar-refractivity contribution in [3.63, 3.8) is 0 Å². The Morgan fingerprint density at radius 2 is 1.82 bits per heavy atom. The number of fused-ring (bicyclic) bond motifs is 1. The number of cyclic esters (lactones) is 1. The Hall–Kier alpha value is -3.43. The van der Waals surface area contributed by atoms with Gasteiger partial charge in [-0.15, -0.1) is 11.3 Å². The summed E-state index contributed by atoms with van der Waals surface area (Å²) in [6.07, 6.45) is -0.594. The molecular formula is C24H25N5O3S. The minimum absolute atomic E-state index is 0.00611. The second kappa shape index (κ2) is 8.84. The zero-order chi connectivity index (χ0) is 22.9. The summed E-state index contributed by atoms with van der Waals surface area (Å²) in [7, 11) is 0. The number of hydrogen-bond donors (Lipinski definition) is 2. The number of ether oxygens (including phenoxy) is 1. The fourth-order valence-electron chi connectivity index (χ4n) is 4.31. The third kappa shape index (κ3) is 4.42. The zero-order valence-corrected chi connectivity index (χ0v) is 18.9. The molecule has 170 valence electrons. The molecule has 3 N–H and O–H groups in total. The molecule has 2 fully saturated rings. The molecule has 1 unspecified atom stereocenters. The van der Waals surface area contributed by atoms with Crippen molar-refractivity contribution >= 4 is 44.9 Å². The van der Waals surface area contributed by atoms with E-state index in [1.54, 1.807) is 40.5 Å². The lowest BCUT2D eigenvalue weighted by Gasteiger charge is -2.35. The van der Waals surface area contributed by atoms with Gasteiger partial charge >= 0.3 is 6.09 Å². The number of nitrogen functional groups attached to an aromatic ring is 1. The SMILES string of the molecule is N=C(N)c1ccc(N2CC(CN3CCN(C(=O)c4cc5ccccc5s4)CC3)OC2=O)cc1. The molecule has 2 saturated heterocycles. The molecule has 0 aliphatic carbocycles. The maximum atomic E-state index is 13.0. The van der Waals surface area contributed by atoms with E-state index < -0.39 is 0 Å². The van der Waals surface area contributed by atoms with Crippen molar-refractivity contribution in [1.82, 2.24) is 9.80 Å². The number of amidine groups is 1. The lowest BCUT2D eigenvalue weighted by atomic mass is 10.2. The number of hydrogen-bond acceptors (Lipinski definition) is 6. The van der Waals surface area contributed by atoms with Gasteiger partial charge in [-0.05, 0) is 41.8 Å². The Labute approximate surface area is 195 Å². The van der Waals surface area contributed by atoms with Crippen LogP contribution in [0.25, 0.3) is 10.1 Å². The fraction of sp³-hybridized carbons (Fsp3) is 0.292. The average Bonchev–Trinajstić information content (AvgIpc) is 3.42. The third-order valence-corrected chi connectivity index (χ3v) is 7.23. The molecule has 8 nitrogen and oxygen atoms in total. The van der Waals surface area contributed by atoms with E-state index in [-0.39, 0.29) is 23.9 Å². The van der Waals surface area contributed by atoms with Gasteiger partial charge in [-0.2, -0.15) is 0 Å². The molecule has 1 atom stereocenters. The number of rotatable bonds is 5. The highest BCUT2D eigenvalue weighted by molar-refractivity contribution is 7.20. The summed E-state index contributed by atoms with van der Waals surface area (Å²) < 4.78 is 6.71. The van der Waals surface area contributed by atoms with Crippen LogP contribution in [-0.2, 0) is 4.74 Å². The maximum Gasteiger partial charge on any atom is 0.414 e. The van der Waals surface area contributed by atoms with Crippen molar-refractivity contribution in [2.45, 2.75) is 6.10 Å². The van der Waals surface area contributed by atoms with Crippen molar-refractivity contribution in [1.29, 1.82) is 5.41 Å². The maximum absolute atomic E-state index is 13.0. The number of amides is 2. The van der Waals surface area contributed by atoms with Crippen LogP contribution in [0.3, 0.4) is 0 Å². The largest absolute Gasteiger partial charge is 0.443 e. The average molecular weight is 464 g/mol. The van der Waals surface area contributed by atoms with Gasteiger partial charge in [-0.1, -0.05) is 18.2 Å². The van der Waals surface area contributed by atoms with Crippen molar-refractivity contribution in [3.05, 3.63) is 65.0 Å². The van der Waals surface area contributed by atoms with E-state index in [1.807, 2.05) is 35.2 Å². The van der Waals surface area contributed by atoms with Crippen molar-refractivity contribution < 1.29 is 14.3 Å². The van der Waals surface area contributed by atoms with Crippen LogP contribution < -0.4 is 10.6 Å². The molecule has 0 bridgehead atoms. The van der Waals surface area contributed by atoms with Crippen LogP contribution in [-0.4, -0.2) is 73.0 Å². The normalized spacial score (nSPS) is 19.2. The summed E-state index contributed by atoms with van der Waals surface area (Å²) in [6.45, 7) is 3.92. The Morgan fingerprint density at radius 3 is 2.52 bits per heavy atom. The minimum Gasteiger partial charge on any atom is -0.443 e. The van der Waals surface area contributed by atoms with E-state index in [0.717, 1.165) is 33.7 Å². The number of thiophene rings is 1. The van der Waals surface area contributed by atoms with Gasteiger partial charge in [0, 0.05) is 48.7 Å². The molecule has 5 rings (SSSR count). The van der Waals surface area contributed by atoms with Gasteiger partial charge in [0.1, 0.15) is 11.9 Å². The molecule has 0 saturated carbocycles. The highest BCUT2D eigenvalue weighted by atomic mass is 32.1. The van der Waals surface area contributed by atoms with E-state index in [9.17, 15) is 9.59 Å². The molecule has 1 aromatic heterocycles. The number of piperazine rings is 1. The number of carbonyl (C=O) groups excluding carboxylic acids is 2. The van der Waals surface area contributed by atoms with Crippen LogP contribution in [0.5, 0.6) is 0 Å². The first-order chi connectivity index (χ1) is 16.0. The zero-order valence-electron chi connectivity index (χ0n) is 18.1. The number of benzene rings is 2. The van der Waals surface area contributed by atoms with Crippen LogP contribution in [0.2, 0.25) is 0 Å². The van der Waals surface area contributed by atoms with Crippen molar-refractivity contribution in [3.8, 4) is 0 Å². The Morgan fingerprint density at radius 1 is 1.09 bits per heavy atom. The molecule has 2 aliphatic heterocycles. The van der Waals surface area contributed by atoms with Crippen molar-refractivity contribution in [2.24, 2.45) is 5.73 Å². The first-order valence-electron chi connectivity index (χ1n) is 10.9. The molecule has 33 heavy (non-hydrogen) atoms. The molecule has 2 aromatic carbocycles. The Balaban J connectivity index is 1.15. The molecule has 0 spiro atoms. The van der Waals surface area contributed by atoms with Gasteiger partial charge in [0.2, 0.25) is 0 Å². The molecule has 0 radical (unpaired) electrons. The standard InChI is InChI=1S/C24H25N5O3S/c25-22(26)16-5-7-18(8-6-16)29-15-19(32-24(29)31)14-27-9-11-28(12-10-27)23(30)21-13-17-3-1-2-4-20(17)33-21/h1-8,13,19H,9-12,14-15H2,(H3,25,26). The van der Waals surface area contributed by atoms with Crippen LogP contribution in [0.15, 0.2) is 54.6 Å². The third-order valence-electron chi connectivity index (χ3n) is 6.12. The van der Waals surface area contributed by atoms with E-state index in [4.69, 9.17) is 15.9 Å². The number of anilines is 1. The summed E-state index contributed by atoms with van der Waals surface area (Å²) in [6, 6.07) is 17.0. The molecule has 2 aliphatic rings. The van der Waals surface area contributed by atoms with Gasteiger partial charge in [0.25, 0.3) is 5.91 Å². The summed E-state index contributed by atoms with van der Waals surface area (Å²) in [5, 5.41) is 8.59. The van der Waals surface area contributed by atoms with Crippen LogP contribution in [0, 0.1) is 5.41 Å². The van der Waals surface area contributed by atoms with Crippen LogP contribution in [0.1, 0.15) is 15.2 Å². The van der Waals surface area contributed by atoms with Gasteiger partial charge in [-0.3, -0.25) is 20.0 Å². The topological polar surface area (TPSA) is 103 Å². The van der Waals surface area contributed by atoms with Crippen LogP contribution >= 0.6 is 11.3 Å². The smallest absolute Gasteiger partial charge is 0.414 e. The first kappa shape index (κ1) is 21.4. The van der Waals surface area contributed by atoms with E-state index in [2.05, 4.69) is 4.90 Å². The first-order valence-corrected chi connectivity index (χ1v) is 11.7. The predicted octanol–water partition coefficient (Wildman–Crippen LogP) is 2.97. The van der Waals surface area contributed by atoms with Gasteiger partial charge < -0.3 is 15.4 Å². The second-order valence-corrected chi connectivity index (χ2v) is 9.40. The summed E-state index contributed by atoms with van der Waals surface area (Å²) in [4.78, 5) is 31.9. The predicted molar refractivity (Wildman–Crippen MR) is 129 cm³/mol. The number of nitrogens with one attached hydrogen (secondary N) is 1.